The smallest absolute Gasteiger partial charge is 0.334 e. The largest absolute Gasteiger partial charge is 0.479 e. The quantitative estimate of drug-likeness (QED) is 0.712. The third kappa shape index (κ3) is 3.44. The molecule has 1 saturated heterocycles. The number of hydrogen-bond acceptors (Lipinski definition) is 4. The van der Waals surface area contributed by atoms with Gasteiger partial charge in [-0.2, -0.15) is 0 Å². The lowest BCUT2D eigenvalue weighted by atomic mass is 10.1. The fraction of sp³-hybridized carbons (Fsp3) is 0.900. The van der Waals surface area contributed by atoms with E-state index in [0.29, 0.717) is 25.8 Å². The molecule has 0 aromatic carbocycles. The van der Waals surface area contributed by atoms with Gasteiger partial charge >= 0.3 is 5.97 Å². The maximum atomic E-state index is 10.8. The van der Waals surface area contributed by atoms with Gasteiger partial charge in [0.2, 0.25) is 0 Å². The van der Waals surface area contributed by atoms with Crippen molar-refractivity contribution in [1.82, 2.24) is 4.90 Å². The summed E-state index contributed by atoms with van der Waals surface area (Å²) in [4.78, 5) is 12.9. The maximum absolute atomic E-state index is 10.8. The van der Waals surface area contributed by atoms with Crippen molar-refractivity contribution in [2.75, 3.05) is 33.4 Å². The Morgan fingerprint density at radius 3 is 3.00 bits per heavy atom. The summed E-state index contributed by atoms with van der Waals surface area (Å²) in [5, 5.41) is 8.86. The standard InChI is InChI=1S/C10H19NO4/c1-3-8(7-14-2)11-4-5-15-9(6-11)10(12)13/h8-9H,3-7H2,1-2H3,(H,12,13). The molecular weight excluding hydrogens is 198 g/mol. The first-order valence-corrected chi connectivity index (χ1v) is 5.26. The molecule has 1 rings (SSSR count). The zero-order chi connectivity index (χ0) is 11.3. The van der Waals surface area contributed by atoms with Crippen molar-refractivity contribution in [3.05, 3.63) is 0 Å². The predicted molar refractivity (Wildman–Crippen MR) is 54.9 cm³/mol. The molecule has 15 heavy (non-hydrogen) atoms. The van der Waals surface area contributed by atoms with E-state index in [-0.39, 0.29) is 0 Å². The Balaban J connectivity index is 2.49. The average molecular weight is 217 g/mol. The number of ether oxygens (including phenoxy) is 2. The topological polar surface area (TPSA) is 59.0 Å². The fourth-order valence-electron chi connectivity index (χ4n) is 1.82. The van der Waals surface area contributed by atoms with Gasteiger partial charge in [-0.3, -0.25) is 4.90 Å². The second-order valence-electron chi connectivity index (χ2n) is 3.71. The van der Waals surface area contributed by atoms with Gasteiger partial charge < -0.3 is 14.6 Å². The highest BCUT2D eigenvalue weighted by atomic mass is 16.5. The number of hydrogen-bond donors (Lipinski definition) is 1. The molecule has 0 bridgehead atoms. The van der Waals surface area contributed by atoms with E-state index in [4.69, 9.17) is 14.6 Å². The minimum Gasteiger partial charge on any atom is -0.479 e. The number of aliphatic carboxylic acids is 1. The highest BCUT2D eigenvalue weighted by Gasteiger charge is 2.29. The number of morpholine rings is 1. The molecule has 88 valence electrons. The van der Waals surface area contributed by atoms with E-state index >= 15 is 0 Å². The van der Waals surface area contributed by atoms with Crippen LogP contribution < -0.4 is 0 Å². The van der Waals surface area contributed by atoms with Crippen molar-refractivity contribution >= 4 is 5.97 Å². The van der Waals surface area contributed by atoms with Crippen LogP contribution in [0, 0.1) is 0 Å². The molecule has 1 aliphatic rings. The van der Waals surface area contributed by atoms with Gasteiger partial charge in [-0.25, -0.2) is 4.79 Å². The van der Waals surface area contributed by atoms with Crippen molar-refractivity contribution in [2.24, 2.45) is 0 Å². The van der Waals surface area contributed by atoms with Crippen molar-refractivity contribution in [1.29, 1.82) is 0 Å². The molecule has 1 N–H and O–H groups in total. The van der Waals surface area contributed by atoms with Crippen LogP contribution in [0.15, 0.2) is 0 Å². The molecule has 2 atom stereocenters. The van der Waals surface area contributed by atoms with Gasteiger partial charge in [0.05, 0.1) is 13.2 Å². The van der Waals surface area contributed by atoms with Crippen LogP contribution in [0.4, 0.5) is 0 Å². The van der Waals surface area contributed by atoms with Gasteiger partial charge in [0.15, 0.2) is 6.10 Å². The summed E-state index contributed by atoms with van der Waals surface area (Å²) >= 11 is 0. The number of carboxylic acid groups (broad SMARTS) is 1. The highest BCUT2D eigenvalue weighted by molar-refractivity contribution is 5.72. The maximum Gasteiger partial charge on any atom is 0.334 e. The summed E-state index contributed by atoms with van der Waals surface area (Å²) < 4.78 is 10.3. The zero-order valence-corrected chi connectivity index (χ0v) is 9.31. The molecule has 0 aromatic rings. The van der Waals surface area contributed by atoms with E-state index in [9.17, 15) is 4.79 Å². The van der Waals surface area contributed by atoms with Crippen LogP contribution in [0.3, 0.4) is 0 Å². The van der Waals surface area contributed by atoms with Gasteiger partial charge in [-0.1, -0.05) is 6.92 Å². The molecule has 0 aliphatic carbocycles. The lowest BCUT2D eigenvalue weighted by Gasteiger charge is -2.36. The van der Waals surface area contributed by atoms with E-state index in [1.165, 1.54) is 0 Å². The average Bonchev–Trinajstić information content (AvgIpc) is 2.26. The normalized spacial score (nSPS) is 25.1. The molecule has 5 heteroatoms. The Morgan fingerprint density at radius 2 is 2.47 bits per heavy atom. The molecule has 1 heterocycles. The van der Waals surface area contributed by atoms with E-state index in [2.05, 4.69) is 11.8 Å². The first-order valence-electron chi connectivity index (χ1n) is 5.26. The SMILES string of the molecule is CCC(COC)N1CCOC(C(=O)O)C1. The summed E-state index contributed by atoms with van der Waals surface area (Å²) in [6.07, 6.45) is 0.268. The van der Waals surface area contributed by atoms with Crippen LogP contribution in [0.25, 0.3) is 0 Å². The fourth-order valence-corrected chi connectivity index (χ4v) is 1.82. The van der Waals surface area contributed by atoms with Crippen molar-refractivity contribution in [2.45, 2.75) is 25.5 Å². The Labute approximate surface area is 90.0 Å². The van der Waals surface area contributed by atoms with Gasteiger partial charge in [0.25, 0.3) is 0 Å². The van der Waals surface area contributed by atoms with Crippen LogP contribution in [0.5, 0.6) is 0 Å². The summed E-state index contributed by atoms with van der Waals surface area (Å²) in [6, 6.07) is 0.292. The summed E-state index contributed by atoms with van der Waals surface area (Å²) in [5.41, 5.74) is 0. The Kier molecular flexibility index (Phi) is 5.01. The first kappa shape index (κ1) is 12.4. The Bertz CT molecular complexity index is 210. The van der Waals surface area contributed by atoms with Crippen LogP contribution >= 0.6 is 0 Å². The van der Waals surface area contributed by atoms with E-state index in [1.54, 1.807) is 7.11 Å². The molecule has 5 nitrogen and oxygen atoms in total. The second-order valence-corrected chi connectivity index (χ2v) is 3.71. The Hall–Kier alpha value is -0.650. The molecule has 2 unspecified atom stereocenters. The minimum absolute atomic E-state index is 0.292. The van der Waals surface area contributed by atoms with Crippen LogP contribution in [-0.2, 0) is 14.3 Å². The molecule has 1 fully saturated rings. The van der Waals surface area contributed by atoms with E-state index in [1.807, 2.05) is 0 Å². The molecule has 0 radical (unpaired) electrons. The highest BCUT2D eigenvalue weighted by Crippen LogP contribution is 2.12. The minimum atomic E-state index is -0.882. The monoisotopic (exact) mass is 217 g/mol. The summed E-state index contributed by atoms with van der Waals surface area (Å²) in [5.74, 6) is -0.882. The van der Waals surface area contributed by atoms with Crippen LogP contribution in [0.2, 0.25) is 0 Å². The molecule has 0 saturated carbocycles. The Morgan fingerprint density at radius 1 is 1.73 bits per heavy atom. The lowest BCUT2D eigenvalue weighted by molar-refractivity contribution is -0.157. The van der Waals surface area contributed by atoms with Crippen molar-refractivity contribution < 1.29 is 19.4 Å². The molecule has 0 spiro atoms. The van der Waals surface area contributed by atoms with Gasteiger partial charge in [0, 0.05) is 26.2 Å². The zero-order valence-electron chi connectivity index (χ0n) is 9.31. The summed E-state index contributed by atoms with van der Waals surface area (Å²) in [6.45, 7) is 4.44. The number of methoxy groups -OCH3 is 1. The van der Waals surface area contributed by atoms with Gasteiger partial charge in [0.1, 0.15) is 0 Å². The molecule has 1 aliphatic heterocycles. The molecular formula is C10H19NO4. The second kappa shape index (κ2) is 6.05. The van der Waals surface area contributed by atoms with Gasteiger partial charge in [-0.15, -0.1) is 0 Å². The first-order chi connectivity index (χ1) is 7.19. The lowest BCUT2D eigenvalue weighted by Crippen LogP contribution is -2.51. The van der Waals surface area contributed by atoms with Gasteiger partial charge in [-0.05, 0) is 6.42 Å². The predicted octanol–water partition coefficient (Wildman–Crippen LogP) is 0.197. The van der Waals surface area contributed by atoms with E-state index < -0.39 is 12.1 Å². The van der Waals surface area contributed by atoms with Crippen molar-refractivity contribution in [3.8, 4) is 0 Å². The number of carboxylic acids is 1. The third-order valence-electron chi connectivity index (χ3n) is 2.72. The number of carbonyl (C=O) groups is 1. The molecule has 0 amide bonds. The number of rotatable bonds is 5. The molecule has 0 aromatic heterocycles. The van der Waals surface area contributed by atoms with E-state index in [0.717, 1.165) is 13.0 Å². The van der Waals surface area contributed by atoms with Crippen LogP contribution in [0.1, 0.15) is 13.3 Å². The number of nitrogens with zero attached hydrogens (tertiary/aromatic N) is 1. The summed E-state index contributed by atoms with van der Waals surface area (Å²) in [7, 11) is 1.66. The van der Waals surface area contributed by atoms with Crippen molar-refractivity contribution in [3.63, 3.8) is 0 Å². The van der Waals surface area contributed by atoms with Crippen LogP contribution in [-0.4, -0.2) is 61.5 Å². The third-order valence-corrected chi connectivity index (χ3v) is 2.72.